The van der Waals surface area contributed by atoms with Crippen LogP contribution in [0.15, 0.2) is 34.4 Å². The molecule has 5 heteroatoms. The van der Waals surface area contributed by atoms with Gasteiger partial charge >= 0.3 is 0 Å². The summed E-state index contributed by atoms with van der Waals surface area (Å²) in [5.74, 6) is 0.624. The molecule has 0 atom stereocenters. The maximum absolute atomic E-state index is 4.47. The molecule has 0 amide bonds. The fourth-order valence-electron chi connectivity index (χ4n) is 1.48. The van der Waals surface area contributed by atoms with E-state index < -0.39 is 0 Å². The van der Waals surface area contributed by atoms with Gasteiger partial charge in [0.2, 0.25) is 5.95 Å². The standard InChI is InChI=1S/C12H14N4S/c1-8-6-9(2)15-11(7-8)17-10-4-5-14-12(13-3)16-10/h4-7H,1-3H3,(H,13,14,16). The number of nitrogens with one attached hydrogen (secondary N) is 1. The molecule has 2 aromatic rings. The molecular formula is C12H14N4S. The zero-order valence-corrected chi connectivity index (χ0v) is 10.9. The molecule has 2 aromatic heterocycles. The van der Waals surface area contributed by atoms with Crippen molar-refractivity contribution in [2.24, 2.45) is 0 Å². The first-order valence-electron chi connectivity index (χ1n) is 5.31. The van der Waals surface area contributed by atoms with E-state index in [2.05, 4.69) is 39.3 Å². The van der Waals surface area contributed by atoms with Crippen molar-refractivity contribution in [3.8, 4) is 0 Å². The van der Waals surface area contributed by atoms with E-state index in [0.29, 0.717) is 5.95 Å². The molecule has 0 spiro atoms. The summed E-state index contributed by atoms with van der Waals surface area (Å²) >= 11 is 1.54. The average molecular weight is 246 g/mol. The van der Waals surface area contributed by atoms with E-state index in [9.17, 15) is 0 Å². The van der Waals surface area contributed by atoms with Gasteiger partial charge in [0.05, 0.1) is 0 Å². The van der Waals surface area contributed by atoms with E-state index in [1.165, 1.54) is 5.56 Å². The highest BCUT2D eigenvalue weighted by Gasteiger charge is 2.03. The first-order valence-corrected chi connectivity index (χ1v) is 6.13. The highest BCUT2D eigenvalue weighted by Crippen LogP contribution is 2.25. The molecular weight excluding hydrogens is 232 g/mol. The smallest absolute Gasteiger partial charge is 0.223 e. The molecule has 0 radical (unpaired) electrons. The number of hydrogen-bond donors (Lipinski definition) is 1. The van der Waals surface area contributed by atoms with E-state index >= 15 is 0 Å². The van der Waals surface area contributed by atoms with Crippen LogP contribution in [0.3, 0.4) is 0 Å². The second-order valence-electron chi connectivity index (χ2n) is 3.69. The SMILES string of the molecule is CNc1nccc(Sc2cc(C)cc(C)n2)n1. The average Bonchev–Trinajstić information content (AvgIpc) is 2.28. The third kappa shape index (κ3) is 3.17. The Labute approximate surface area is 105 Å². The van der Waals surface area contributed by atoms with Crippen LogP contribution in [0.4, 0.5) is 5.95 Å². The minimum absolute atomic E-state index is 0.624. The second-order valence-corrected chi connectivity index (χ2v) is 4.74. The summed E-state index contributed by atoms with van der Waals surface area (Å²) in [6.45, 7) is 4.06. The van der Waals surface area contributed by atoms with Gasteiger partial charge in [0.15, 0.2) is 0 Å². The first-order chi connectivity index (χ1) is 8.17. The van der Waals surface area contributed by atoms with Crippen molar-refractivity contribution in [2.75, 3.05) is 12.4 Å². The quantitative estimate of drug-likeness (QED) is 0.844. The van der Waals surface area contributed by atoms with E-state index in [1.54, 1.807) is 25.0 Å². The fourth-order valence-corrected chi connectivity index (χ4v) is 2.39. The minimum atomic E-state index is 0.624. The molecule has 0 aliphatic rings. The van der Waals surface area contributed by atoms with Crippen LogP contribution in [-0.4, -0.2) is 22.0 Å². The lowest BCUT2D eigenvalue weighted by Gasteiger charge is -2.04. The number of aromatic nitrogens is 3. The zero-order valence-electron chi connectivity index (χ0n) is 10.1. The number of hydrogen-bond acceptors (Lipinski definition) is 5. The molecule has 88 valence electrons. The highest BCUT2D eigenvalue weighted by atomic mass is 32.2. The predicted octanol–water partition coefficient (Wildman–Crippen LogP) is 2.68. The molecule has 0 aliphatic heterocycles. The van der Waals surface area contributed by atoms with Crippen LogP contribution in [0.25, 0.3) is 0 Å². The van der Waals surface area contributed by atoms with Crippen LogP contribution < -0.4 is 5.32 Å². The maximum Gasteiger partial charge on any atom is 0.223 e. The Bertz CT molecular complexity index is 507. The molecule has 0 fully saturated rings. The number of pyridine rings is 1. The molecule has 1 N–H and O–H groups in total. The van der Waals surface area contributed by atoms with Crippen molar-refractivity contribution in [1.29, 1.82) is 0 Å². The van der Waals surface area contributed by atoms with Crippen LogP contribution in [0.1, 0.15) is 11.3 Å². The van der Waals surface area contributed by atoms with Crippen molar-refractivity contribution in [3.63, 3.8) is 0 Å². The first kappa shape index (κ1) is 11.9. The van der Waals surface area contributed by atoms with Crippen molar-refractivity contribution < 1.29 is 0 Å². The normalized spacial score (nSPS) is 10.3. The third-order valence-electron chi connectivity index (χ3n) is 2.14. The van der Waals surface area contributed by atoms with Gasteiger partial charge in [0.1, 0.15) is 10.1 Å². The Hall–Kier alpha value is -1.62. The number of aryl methyl sites for hydroxylation is 2. The van der Waals surface area contributed by atoms with E-state index in [-0.39, 0.29) is 0 Å². The van der Waals surface area contributed by atoms with Gasteiger partial charge < -0.3 is 5.32 Å². The van der Waals surface area contributed by atoms with Crippen LogP contribution in [0, 0.1) is 13.8 Å². The fraction of sp³-hybridized carbons (Fsp3) is 0.250. The molecule has 2 rings (SSSR count). The van der Waals surface area contributed by atoms with Crippen LogP contribution in [-0.2, 0) is 0 Å². The van der Waals surface area contributed by atoms with Gasteiger partial charge in [0, 0.05) is 18.9 Å². The van der Waals surface area contributed by atoms with Gasteiger partial charge in [-0.1, -0.05) is 0 Å². The van der Waals surface area contributed by atoms with E-state index in [1.807, 2.05) is 13.0 Å². The molecule has 0 saturated heterocycles. The molecule has 17 heavy (non-hydrogen) atoms. The van der Waals surface area contributed by atoms with Gasteiger partial charge in [0.25, 0.3) is 0 Å². The van der Waals surface area contributed by atoms with Gasteiger partial charge in [-0.05, 0) is 49.4 Å². The van der Waals surface area contributed by atoms with Crippen molar-refractivity contribution in [3.05, 3.63) is 35.7 Å². The summed E-state index contributed by atoms with van der Waals surface area (Å²) in [4.78, 5) is 12.9. The second kappa shape index (κ2) is 5.14. The van der Waals surface area contributed by atoms with Crippen LogP contribution in [0.2, 0.25) is 0 Å². The summed E-state index contributed by atoms with van der Waals surface area (Å²) in [6, 6.07) is 5.99. The molecule has 0 aromatic carbocycles. The van der Waals surface area contributed by atoms with Gasteiger partial charge in [-0.25, -0.2) is 15.0 Å². The number of nitrogens with zero attached hydrogens (tertiary/aromatic N) is 3. The Balaban J connectivity index is 2.24. The molecule has 0 saturated carbocycles. The Morgan fingerprint density at radius 3 is 2.65 bits per heavy atom. The van der Waals surface area contributed by atoms with E-state index in [4.69, 9.17) is 0 Å². The minimum Gasteiger partial charge on any atom is -0.357 e. The predicted molar refractivity (Wildman–Crippen MR) is 69.4 cm³/mol. The summed E-state index contributed by atoms with van der Waals surface area (Å²) in [5, 5.41) is 4.77. The summed E-state index contributed by atoms with van der Waals surface area (Å²) in [7, 11) is 1.80. The lowest BCUT2D eigenvalue weighted by molar-refractivity contribution is 1.02. The Morgan fingerprint density at radius 2 is 1.94 bits per heavy atom. The van der Waals surface area contributed by atoms with Crippen LogP contribution in [0.5, 0.6) is 0 Å². The van der Waals surface area contributed by atoms with E-state index in [0.717, 1.165) is 15.7 Å². The third-order valence-corrected chi connectivity index (χ3v) is 2.99. The largest absolute Gasteiger partial charge is 0.357 e. The van der Waals surface area contributed by atoms with Gasteiger partial charge in [-0.3, -0.25) is 0 Å². The Kier molecular flexibility index (Phi) is 3.58. The number of rotatable bonds is 3. The lowest BCUT2D eigenvalue weighted by Crippen LogP contribution is -1.96. The zero-order chi connectivity index (χ0) is 12.3. The molecule has 4 nitrogen and oxygen atoms in total. The molecule has 0 unspecified atom stereocenters. The van der Waals surface area contributed by atoms with Gasteiger partial charge in [-0.2, -0.15) is 0 Å². The van der Waals surface area contributed by atoms with Crippen molar-refractivity contribution in [2.45, 2.75) is 23.9 Å². The topological polar surface area (TPSA) is 50.7 Å². The molecule has 2 heterocycles. The van der Waals surface area contributed by atoms with Crippen molar-refractivity contribution >= 4 is 17.7 Å². The molecule has 0 aliphatic carbocycles. The summed E-state index contributed by atoms with van der Waals surface area (Å²) < 4.78 is 0. The highest BCUT2D eigenvalue weighted by molar-refractivity contribution is 7.99. The summed E-state index contributed by atoms with van der Waals surface area (Å²) in [6.07, 6.45) is 1.74. The number of anilines is 1. The Morgan fingerprint density at radius 1 is 1.12 bits per heavy atom. The lowest BCUT2D eigenvalue weighted by atomic mass is 10.3. The monoisotopic (exact) mass is 246 g/mol. The maximum atomic E-state index is 4.47. The summed E-state index contributed by atoms with van der Waals surface area (Å²) in [5.41, 5.74) is 2.23. The van der Waals surface area contributed by atoms with Crippen LogP contribution >= 0.6 is 11.8 Å². The van der Waals surface area contributed by atoms with Gasteiger partial charge in [-0.15, -0.1) is 0 Å². The molecule has 0 bridgehead atoms. The van der Waals surface area contributed by atoms with Crippen molar-refractivity contribution in [1.82, 2.24) is 15.0 Å².